The molecule has 0 aliphatic heterocycles. The fourth-order valence-electron chi connectivity index (χ4n) is 2.10. The Bertz CT molecular complexity index is 350. The van der Waals surface area contributed by atoms with E-state index < -0.39 is 0 Å². The third kappa shape index (κ3) is 1.94. The third-order valence-electron chi connectivity index (χ3n) is 2.88. The van der Waals surface area contributed by atoms with Crippen molar-refractivity contribution in [1.82, 2.24) is 0 Å². The van der Waals surface area contributed by atoms with Gasteiger partial charge in [-0.3, -0.25) is 4.79 Å². The molecule has 0 N–H and O–H groups in total. The van der Waals surface area contributed by atoms with E-state index in [0.29, 0.717) is 11.7 Å². The van der Waals surface area contributed by atoms with Crippen LogP contribution >= 0.6 is 27.3 Å². The van der Waals surface area contributed by atoms with E-state index in [9.17, 15) is 4.79 Å². The number of ketones is 1. The van der Waals surface area contributed by atoms with Gasteiger partial charge in [-0.1, -0.05) is 12.8 Å². The molecule has 76 valence electrons. The van der Waals surface area contributed by atoms with E-state index in [1.54, 1.807) is 11.3 Å². The third-order valence-corrected chi connectivity index (χ3v) is 4.43. The Morgan fingerprint density at radius 2 is 2.14 bits per heavy atom. The van der Waals surface area contributed by atoms with Crippen molar-refractivity contribution in [3.63, 3.8) is 0 Å². The fraction of sp³-hybridized carbons (Fsp3) is 0.545. The molecule has 0 bridgehead atoms. The number of aryl methyl sites for hydroxylation is 1. The van der Waals surface area contributed by atoms with Gasteiger partial charge in [-0.25, -0.2) is 0 Å². The normalized spacial score (nSPS) is 17.6. The summed E-state index contributed by atoms with van der Waals surface area (Å²) in [6.07, 6.45) is 4.62. The summed E-state index contributed by atoms with van der Waals surface area (Å²) < 4.78 is 1.07. The van der Waals surface area contributed by atoms with Crippen molar-refractivity contribution in [2.75, 3.05) is 0 Å². The van der Waals surface area contributed by atoms with Crippen LogP contribution in [0.4, 0.5) is 0 Å². The first kappa shape index (κ1) is 10.4. The lowest BCUT2D eigenvalue weighted by Crippen LogP contribution is -2.10. The molecule has 14 heavy (non-hydrogen) atoms. The molecule has 1 nitrogen and oxygen atoms in total. The molecule has 3 heteroatoms. The SMILES string of the molecule is Cc1sc(Br)cc1C(=O)C1CCCC1. The van der Waals surface area contributed by atoms with E-state index in [2.05, 4.69) is 15.9 Å². The van der Waals surface area contributed by atoms with Crippen LogP contribution in [0.15, 0.2) is 9.85 Å². The average Bonchev–Trinajstić information content (AvgIpc) is 2.73. The number of thiophene rings is 1. The summed E-state index contributed by atoms with van der Waals surface area (Å²) >= 11 is 5.08. The van der Waals surface area contributed by atoms with Crippen LogP contribution in [0.5, 0.6) is 0 Å². The van der Waals surface area contributed by atoms with Crippen LogP contribution in [0, 0.1) is 12.8 Å². The molecule has 1 aromatic heterocycles. The van der Waals surface area contributed by atoms with Crippen molar-refractivity contribution < 1.29 is 4.79 Å². The van der Waals surface area contributed by atoms with E-state index in [4.69, 9.17) is 0 Å². The first-order valence-electron chi connectivity index (χ1n) is 4.98. The molecule has 2 rings (SSSR count). The maximum atomic E-state index is 12.1. The Hall–Kier alpha value is -0.150. The Balaban J connectivity index is 2.21. The highest BCUT2D eigenvalue weighted by Crippen LogP contribution is 2.33. The zero-order chi connectivity index (χ0) is 10.1. The van der Waals surface area contributed by atoms with E-state index in [-0.39, 0.29) is 0 Å². The minimum absolute atomic E-state index is 0.301. The topological polar surface area (TPSA) is 17.1 Å². The molecule has 1 aliphatic carbocycles. The molecule has 1 fully saturated rings. The molecule has 1 saturated carbocycles. The number of halogens is 1. The summed E-state index contributed by atoms with van der Waals surface area (Å²) in [5, 5.41) is 0. The van der Waals surface area contributed by atoms with Crippen molar-refractivity contribution in [2.24, 2.45) is 5.92 Å². The lowest BCUT2D eigenvalue weighted by atomic mass is 9.97. The first-order valence-corrected chi connectivity index (χ1v) is 6.59. The molecular weight excluding hydrogens is 260 g/mol. The summed E-state index contributed by atoms with van der Waals surface area (Å²) in [5.74, 6) is 0.664. The molecule has 0 saturated heterocycles. The zero-order valence-corrected chi connectivity index (χ0v) is 10.6. The number of carbonyl (C=O) groups is 1. The average molecular weight is 273 g/mol. The molecule has 1 aromatic rings. The maximum Gasteiger partial charge on any atom is 0.167 e. The molecular formula is C11H13BrOS. The van der Waals surface area contributed by atoms with Crippen LogP contribution < -0.4 is 0 Å². The maximum absolute atomic E-state index is 12.1. The van der Waals surface area contributed by atoms with Gasteiger partial charge in [0.2, 0.25) is 0 Å². The highest BCUT2D eigenvalue weighted by atomic mass is 79.9. The number of hydrogen-bond acceptors (Lipinski definition) is 2. The summed E-state index contributed by atoms with van der Waals surface area (Å²) in [6, 6.07) is 1.97. The second-order valence-electron chi connectivity index (χ2n) is 3.87. The van der Waals surface area contributed by atoms with Crippen LogP contribution in [-0.2, 0) is 0 Å². The summed E-state index contributed by atoms with van der Waals surface area (Å²) in [6.45, 7) is 2.03. The van der Waals surface area contributed by atoms with Gasteiger partial charge in [0, 0.05) is 16.4 Å². The molecule has 0 radical (unpaired) electrons. The standard InChI is InChI=1S/C11H13BrOS/c1-7-9(6-10(12)14-7)11(13)8-4-2-3-5-8/h6,8H,2-5H2,1H3. The van der Waals surface area contributed by atoms with Gasteiger partial charge in [0.15, 0.2) is 5.78 Å². The number of rotatable bonds is 2. The highest BCUT2D eigenvalue weighted by Gasteiger charge is 2.25. The van der Waals surface area contributed by atoms with Crippen LogP contribution in [0.25, 0.3) is 0 Å². The van der Waals surface area contributed by atoms with E-state index >= 15 is 0 Å². The van der Waals surface area contributed by atoms with E-state index in [1.165, 1.54) is 12.8 Å². The van der Waals surface area contributed by atoms with Crippen molar-refractivity contribution in [3.05, 3.63) is 20.3 Å². The van der Waals surface area contributed by atoms with Crippen molar-refractivity contribution in [3.8, 4) is 0 Å². The molecule has 1 heterocycles. The Morgan fingerprint density at radius 1 is 1.50 bits per heavy atom. The number of hydrogen-bond donors (Lipinski definition) is 0. The van der Waals surface area contributed by atoms with Gasteiger partial charge in [-0.05, 0) is 41.8 Å². The van der Waals surface area contributed by atoms with Gasteiger partial charge in [-0.15, -0.1) is 11.3 Å². The Labute approximate surface area is 96.6 Å². The quantitative estimate of drug-likeness (QED) is 0.738. The second kappa shape index (κ2) is 4.15. The van der Waals surface area contributed by atoms with Crippen LogP contribution in [0.3, 0.4) is 0 Å². The minimum Gasteiger partial charge on any atom is -0.294 e. The van der Waals surface area contributed by atoms with Gasteiger partial charge in [0.05, 0.1) is 3.79 Å². The summed E-state index contributed by atoms with van der Waals surface area (Å²) in [4.78, 5) is 13.2. The highest BCUT2D eigenvalue weighted by molar-refractivity contribution is 9.11. The van der Waals surface area contributed by atoms with Crippen LogP contribution in [-0.4, -0.2) is 5.78 Å². The molecule has 0 amide bonds. The molecule has 0 atom stereocenters. The number of carbonyl (C=O) groups excluding carboxylic acids is 1. The van der Waals surface area contributed by atoms with Gasteiger partial charge >= 0.3 is 0 Å². The van der Waals surface area contributed by atoms with Crippen LogP contribution in [0.2, 0.25) is 0 Å². The lowest BCUT2D eigenvalue weighted by Gasteiger charge is -2.06. The molecule has 0 unspecified atom stereocenters. The van der Waals surface area contributed by atoms with Crippen molar-refractivity contribution >= 4 is 33.0 Å². The Morgan fingerprint density at radius 3 is 2.64 bits per heavy atom. The van der Waals surface area contributed by atoms with Crippen molar-refractivity contribution in [2.45, 2.75) is 32.6 Å². The first-order chi connectivity index (χ1) is 6.68. The van der Waals surface area contributed by atoms with Gasteiger partial charge in [0.1, 0.15) is 0 Å². The Kier molecular flexibility index (Phi) is 3.07. The lowest BCUT2D eigenvalue weighted by molar-refractivity contribution is 0.0923. The second-order valence-corrected chi connectivity index (χ2v) is 6.50. The van der Waals surface area contributed by atoms with E-state index in [1.807, 2.05) is 13.0 Å². The molecule has 0 spiro atoms. The minimum atomic E-state index is 0.301. The fourth-order valence-corrected chi connectivity index (χ4v) is 3.79. The van der Waals surface area contributed by atoms with Gasteiger partial charge in [-0.2, -0.15) is 0 Å². The monoisotopic (exact) mass is 272 g/mol. The largest absolute Gasteiger partial charge is 0.294 e. The summed E-state index contributed by atoms with van der Waals surface area (Å²) in [7, 11) is 0. The molecule has 0 aromatic carbocycles. The predicted molar refractivity (Wildman–Crippen MR) is 63.0 cm³/mol. The molecule has 1 aliphatic rings. The predicted octanol–water partition coefficient (Wildman–Crippen LogP) is 4.19. The zero-order valence-electron chi connectivity index (χ0n) is 8.18. The summed E-state index contributed by atoms with van der Waals surface area (Å²) in [5.41, 5.74) is 0.939. The van der Waals surface area contributed by atoms with Crippen molar-refractivity contribution in [1.29, 1.82) is 0 Å². The number of Topliss-reactive ketones (excluding diaryl/α,β-unsaturated/α-hetero) is 1. The van der Waals surface area contributed by atoms with E-state index in [0.717, 1.165) is 27.1 Å². The van der Waals surface area contributed by atoms with Crippen LogP contribution in [0.1, 0.15) is 40.9 Å². The van der Waals surface area contributed by atoms with Gasteiger partial charge in [0.25, 0.3) is 0 Å². The van der Waals surface area contributed by atoms with Gasteiger partial charge < -0.3 is 0 Å². The smallest absolute Gasteiger partial charge is 0.167 e.